The highest BCUT2D eigenvalue weighted by Gasteiger charge is 2.30. The lowest BCUT2D eigenvalue weighted by Gasteiger charge is -2.26. The van der Waals surface area contributed by atoms with Crippen LogP contribution in [-0.2, 0) is 6.54 Å². The summed E-state index contributed by atoms with van der Waals surface area (Å²) in [6.07, 6.45) is 3.59. The van der Waals surface area contributed by atoms with Crippen LogP contribution in [0, 0.1) is 0 Å². The van der Waals surface area contributed by atoms with Crippen LogP contribution in [0.4, 0.5) is 4.79 Å². The van der Waals surface area contributed by atoms with Crippen LogP contribution in [0.15, 0.2) is 30.5 Å². The van der Waals surface area contributed by atoms with Gasteiger partial charge in [-0.3, -0.25) is 5.10 Å². The van der Waals surface area contributed by atoms with Crippen molar-refractivity contribution in [3.8, 4) is 11.5 Å². The fraction of sp³-hybridized carbons (Fsp3) is 0.412. The van der Waals surface area contributed by atoms with Crippen molar-refractivity contribution >= 4 is 6.03 Å². The van der Waals surface area contributed by atoms with Gasteiger partial charge in [-0.25, -0.2) is 4.79 Å². The monoisotopic (exact) mass is 330 g/mol. The quantitative estimate of drug-likeness (QED) is 0.883. The molecule has 7 heteroatoms. The summed E-state index contributed by atoms with van der Waals surface area (Å²) in [5.41, 5.74) is 1.94. The zero-order valence-corrected chi connectivity index (χ0v) is 13.9. The highest BCUT2D eigenvalue weighted by atomic mass is 16.5. The Morgan fingerprint density at radius 1 is 1.33 bits per heavy atom. The molecule has 0 radical (unpaired) electrons. The molecular formula is C17H22N4O3. The lowest BCUT2D eigenvalue weighted by Crippen LogP contribution is -2.39. The highest BCUT2D eigenvalue weighted by Crippen LogP contribution is 2.36. The van der Waals surface area contributed by atoms with E-state index in [4.69, 9.17) is 9.47 Å². The number of carbonyl (C=O) groups is 1. The average molecular weight is 330 g/mol. The maximum Gasteiger partial charge on any atom is 0.318 e. The molecule has 0 aliphatic carbocycles. The number of ether oxygens (including phenoxy) is 2. The topological polar surface area (TPSA) is 79.5 Å². The smallest absolute Gasteiger partial charge is 0.318 e. The van der Waals surface area contributed by atoms with E-state index in [0.29, 0.717) is 18.0 Å². The van der Waals surface area contributed by atoms with Crippen molar-refractivity contribution in [2.45, 2.75) is 25.4 Å². The summed E-state index contributed by atoms with van der Waals surface area (Å²) in [7, 11) is 3.23. The Morgan fingerprint density at radius 3 is 2.88 bits per heavy atom. The number of amides is 2. The summed E-state index contributed by atoms with van der Waals surface area (Å²) in [5.74, 6) is 1.37. The number of carbonyl (C=O) groups excluding carboxylic acids is 1. The molecule has 3 rings (SSSR count). The Bertz CT molecular complexity index is 687. The zero-order valence-electron chi connectivity index (χ0n) is 13.9. The summed E-state index contributed by atoms with van der Waals surface area (Å²) >= 11 is 0. The number of rotatable bonds is 5. The SMILES string of the molecule is COc1ccc(C2CCCN2C(=O)NCc2ccn[nH]2)cc1OC. The molecule has 1 fully saturated rings. The van der Waals surface area contributed by atoms with E-state index >= 15 is 0 Å². The third kappa shape index (κ3) is 3.29. The molecule has 7 nitrogen and oxygen atoms in total. The number of hydrogen-bond acceptors (Lipinski definition) is 4. The Hall–Kier alpha value is -2.70. The fourth-order valence-corrected chi connectivity index (χ4v) is 3.07. The van der Waals surface area contributed by atoms with Crippen LogP contribution >= 0.6 is 0 Å². The van der Waals surface area contributed by atoms with Gasteiger partial charge in [-0.05, 0) is 36.6 Å². The number of benzene rings is 1. The molecule has 128 valence electrons. The molecule has 1 aliphatic heterocycles. The van der Waals surface area contributed by atoms with Gasteiger partial charge >= 0.3 is 6.03 Å². The molecule has 1 unspecified atom stereocenters. The van der Waals surface area contributed by atoms with Gasteiger partial charge in [-0.1, -0.05) is 6.07 Å². The maximum atomic E-state index is 12.5. The number of hydrogen-bond donors (Lipinski definition) is 2. The van der Waals surface area contributed by atoms with Crippen molar-refractivity contribution in [2.75, 3.05) is 20.8 Å². The van der Waals surface area contributed by atoms with Gasteiger partial charge in [0.15, 0.2) is 11.5 Å². The molecule has 1 atom stereocenters. The predicted molar refractivity (Wildman–Crippen MR) is 89.1 cm³/mol. The van der Waals surface area contributed by atoms with Gasteiger partial charge in [0, 0.05) is 12.7 Å². The maximum absolute atomic E-state index is 12.5. The van der Waals surface area contributed by atoms with E-state index in [0.717, 1.165) is 30.6 Å². The first kappa shape index (κ1) is 16.2. The van der Waals surface area contributed by atoms with Gasteiger partial charge < -0.3 is 19.7 Å². The largest absolute Gasteiger partial charge is 0.493 e. The number of aromatic amines is 1. The van der Waals surface area contributed by atoms with Crippen LogP contribution < -0.4 is 14.8 Å². The molecule has 1 saturated heterocycles. The Balaban J connectivity index is 1.71. The Labute approximate surface area is 140 Å². The van der Waals surface area contributed by atoms with Crippen molar-refractivity contribution in [3.05, 3.63) is 41.7 Å². The normalized spacial score (nSPS) is 16.9. The van der Waals surface area contributed by atoms with Crippen LogP contribution in [0.25, 0.3) is 0 Å². The van der Waals surface area contributed by atoms with Crippen molar-refractivity contribution < 1.29 is 14.3 Å². The van der Waals surface area contributed by atoms with Gasteiger partial charge in [-0.15, -0.1) is 0 Å². The molecule has 1 aliphatic rings. The Morgan fingerprint density at radius 2 is 2.17 bits per heavy atom. The van der Waals surface area contributed by atoms with Crippen molar-refractivity contribution in [1.29, 1.82) is 0 Å². The lowest BCUT2D eigenvalue weighted by atomic mass is 10.0. The number of aromatic nitrogens is 2. The van der Waals surface area contributed by atoms with E-state index < -0.39 is 0 Å². The Kier molecular flexibility index (Phi) is 4.88. The van der Waals surface area contributed by atoms with Crippen LogP contribution in [-0.4, -0.2) is 41.9 Å². The van der Waals surface area contributed by atoms with Crippen LogP contribution in [0.3, 0.4) is 0 Å². The molecule has 0 bridgehead atoms. The minimum absolute atomic E-state index is 0.0478. The van der Waals surface area contributed by atoms with E-state index in [1.165, 1.54) is 0 Å². The third-order valence-corrected chi connectivity index (χ3v) is 4.29. The molecule has 2 heterocycles. The summed E-state index contributed by atoms with van der Waals surface area (Å²) in [5, 5.41) is 9.66. The van der Waals surface area contributed by atoms with E-state index in [-0.39, 0.29) is 12.1 Å². The number of nitrogens with one attached hydrogen (secondary N) is 2. The second-order valence-corrected chi connectivity index (χ2v) is 5.71. The van der Waals surface area contributed by atoms with Crippen LogP contribution in [0.2, 0.25) is 0 Å². The number of urea groups is 1. The predicted octanol–water partition coefficient (Wildman–Crippen LogP) is 2.47. The van der Waals surface area contributed by atoms with E-state index in [1.54, 1.807) is 20.4 Å². The summed E-state index contributed by atoms with van der Waals surface area (Å²) in [6, 6.07) is 7.65. The average Bonchev–Trinajstić information content (AvgIpc) is 3.30. The van der Waals surface area contributed by atoms with Crippen molar-refractivity contribution in [1.82, 2.24) is 20.4 Å². The molecule has 1 aromatic carbocycles. The fourth-order valence-electron chi connectivity index (χ4n) is 3.07. The molecule has 24 heavy (non-hydrogen) atoms. The first-order chi connectivity index (χ1) is 11.7. The van der Waals surface area contributed by atoms with E-state index in [1.807, 2.05) is 29.2 Å². The van der Waals surface area contributed by atoms with Crippen molar-refractivity contribution in [3.63, 3.8) is 0 Å². The van der Waals surface area contributed by atoms with Gasteiger partial charge in [0.25, 0.3) is 0 Å². The zero-order chi connectivity index (χ0) is 16.9. The van der Waals surface area contributed by atoms with E-state index in [9.17, 15) is 4.79 Å². The van der Waals surface area contributed by atoms with Crippen LogP contribution in [0.1, 0.15) is 30.1 Å². The number of nitrogens with zero attached hydrogens (tertiary/aromatic N) is 2. The molecule has 0 spiro atoms. The first-order valence-corrected chi connectivity index (χ1v) is 7.97. The molecule has 0 saturated carbocycles. The van der Waals surface area contributed by atoms with Crippen LogP contribution in [0.5, 0.6) is 11.5 Å². The number of likely N-dealkylation sites (tertiary alicyclic amines) is 1. The second-order valence-electron chi connectivity index (χ2n) is 5.71. The number of methoxy groups -OCH3 is 2. The standard InChI is InChI=1S/C17H22N4O3/c1-23-15-6-5-12(10-16(15)24-2)14-4-3-9-21(14)17(22)18-11-13-7-8-19-20-13/h5-8,10,14H,3-4,9,11H2,1-2H3,(H,18,22)(H,19,20). The minimum Gasteiger partial charge on any atom is -0.493 e. The highest BCUT2D eigenvalue weighted by molar-refractivity contribution is 5.75. The molecule has 2 aromatic rings. The summed E-state index contributed by atoms with van der Waals surface area (Å²) in [6.45, 7) is 1.18. The molecule has 1 aromatic heterocycles. The first-order valence-electron chi connectivity index (χ1n) is 7.97. The minimum atomic E-state index is -0.0677. The van der Waals surface area contributed by atoms with E-state index in [2.05, 4.69) is 15.5 Å². The van der Waals surface area contributed by atoms with Crippen molar-refractivity contribution in [2.24, 2.45) is 0 Å². The third-order valence-electron chi connectivity index (χ3n) is 4.29. The van der Waals surface area contributed by atoms with Gasteiger partial charge in [0.1, 0.15) is 0 Å². The van der Waals surface area contributed by atoms with Gasteiger partial charge in [-0.2, -0.15) is 5.10 Å². The second kappa shape index (κ2) is 7.25. The summed E-state index contributed by atoms with van der Waals surface area (Å²) in [4.78, 5) is 14.4. The molecule has 2 amide bonds. The molecule has 2 N–H and O–H groups in total. The van der Waals surface area contributed by atoms with Gasteiger partial charge in [0.2, 0.25) is 0 Å². The summed E-state index contributed by atoms with van der Waals surface area (Å²) < 4.78 is 10.7. The molecular weight excluding hydrogens is 308 g/mol. The lowest BCUT2D eigenvalue weighted by molar-refractivity contribution is 0.192. The van der Waals surface area contributed by atoms with Gasteiger partial charge in [0.05, 0.1) is 32.5 Å². The number of H-pyrrole nitrogens is 1.